The van der Waals surface area contributed by atoms with Gasteiger partial charge in [-0.2, -0.15) is 0 Å². The topological polar surface area (TPSA) is 65.4 Å². The van der Waals surface area contributed by atoms with Crippen LogP contribution in [0.5, 0.6) is 11.5 Å². The number of nitrogens with one attached hydrogen (secondary N) is 1. The molecule has 2 aromatic heterocycles. The van der Waals surface area contributed by atoms with Gasteiger partial charge in [0.25, 0.3) is 5.91 Å². The molecule has 2 aromatic carbocycles. The molecule has 27 heavy (non-hydrogen) atoms. The summed E-state index contributed by atoms with van der Waals surface area (Å²) in [4.78, 5) is 17.3. The molecule has 0 aliphatic carbocycles. The fourth-order valence-electron chi connectivity index (χ4n) is 2.72. The number of methoxy groups -OCH3 is 2. The Hall–Kier alpha value is -3.32. The lowest BCUT2D eigenvalue weighted by Crippen LogP contribution is -2.12. The Kier molecular flexibility index (Phi) is 4.52. The summed E-state index contributed by atoms with van der Waals surface area (Å²) in [7, 11) is 3.13. The highest BCUT2D eigenvalue weighted by Crippen LogP contribution is 2.30. The van der Waals surface area contributed by atoms with E-state index in [4.69, 9.17) is 9.47 Å². The fourth-order valence-corrected chi connectivity index (χ4v) is 3.69. The van der Waals surface area contributed by atoms with Crippen LogP contribution in [0.2, 0.25) is 0 Å². The summed E-state index contributed by atoms with van der Waals surface area (Å²) in [6.07, 6.45) is 3.89. The number of carbonyl (C=O) groups is 1. The summed E-state index contributed by atoms with van der Waals surface area (Å²) in [5.41, 5.74) is 2.01. The quantitative estimate of drug-likeness (QED) is 0.560. The van der Waals surface area contributed by atoms with Crippen LogP contribution < -0.4 is 14.8 Å². The molecule has 0 bridgehead atoms. The van der Waals surface area contributed by atoms with Gasteiger partial charge in [0.15, 0.2) is 5.13 Å². The van der Waals surface area contributed by atoms with Crippen LogP contribution in [0.25, 0.3) is 15.3 Å². The van der Waals surface area contributed by atoms with Crippen LogP contribution in [0, 0.1) is 0 Å². The van der Waals surface area contributed by atoms with E-state index < -0.39 is 0 Å². The molecule has 0 fully saturated rings. The van der Waals surface area contributed by atoms with Crippen molar-refractivity contribution in [3.8, 4) is 16.6 Å². The highest BCUT2D eigenvalue weighted by Gasteiger charge is 2.13. The van der Waals surface area contributed by atoms with E-state index >= 15 is 0 Å². The fraction of sp³-hybridized carbons (Fsp3) is 0.100. The van der Waals surface area contributed by atoms with Crippen molar-refractivity contribution < 1.29 is 14.3 Å². The molecule has 7 heteroatoms. The van der Waals surface area contributed by atoms with Crippen molar-refractivity contribution >= 4 is 33.1 Å². The molecule has 0 aliphatic heterocycles. The lowest BCUT2D eigenvalue weighted by atomic mass is 10.2. The number of amides is 1. The smallest absolute Gasteiger partial charge is 0.255 e. The van der Waals surface area contributed by atoms with Gasteiger partial charge in [-0.05, 0) is 42.5 Å². The first-order valence-electron chi connectivity index (χ1n) is 8.25. The number of aromatic nitrogens is 2. The van der Waals surface area contributed by atoms with Crippen LogP contribution in [-0.4, -0.2) is 29.7 Å². The molecular formula is C20H17N3O3S. The second kappa shape index (κ2) is 7.13. The van der Waals surface area contributed by atoms with Crippen LogP contribution in [0.4, 0.5) is 5.69 Å². The van der Waals surface area contributed by atoms with Crippen molar-refractivity contribution in [1.82, 2.24) is 9.55 Å². The Bertz CT molecular complexity index is 1100. The predicted octanol–water partition coefficient (Wildman–Crippen LogP) is 4.36. The van der Waals surface area contributed by atoms with Crippen LogP contribution in [-0.2, 0) is 0 Å². The first-order valence-corrected chi connectivity index (χ1v) is 9.07. The molecule has 4 aromatic rings. The van der Waals surface area contributed by atoms with Gasteiger partial charge >= 0.3 is 0 Å². The van der Waals surface area contributed by atoms with Gasteiger partial charge < -0.3 is 19.4 Å². The molecule has 0 radical (unpaired) electrons. The number of anilines is 1. The summed E-state index contributed by atoms with van der Waals surface area (Å²) >= 11 is 1.54. The Morgan fingerprint density at radius 1 is 1.07 bits per heavy atom. The van der Waals surface area contributed by atoms with Gasteiger partial charge in [-0.15, -0.1) is 0 Å². The second-order valence-corrected chi connectivity index (χ2v) is 6.80. The van der Waals surface area contributed by atoms with Crippen molar-refractivity contribution in [2.75, 3.05) is 19.5 Å². The number of benzene rings is 2. The third-order valence-corrected chi connectivity index (χ3v) is 5.15. The molecule has 0 unspecified atom stereocenters. The number of fused-ring (bicyclic) bond motifs is 1. The Labute approximate surface area is 160 Å². The zero-order valence-electron chi connectivity index (χ0n) is 14.8. The molecule has 1 N–H and O–H groups in total. The lowest BCUT2D eigenvalue weighted by Gasteiger charge is -2.11. The molecular weight excluding hydrogens is 362 g/mol. The first kappa shape index (κ1) is 17.1. The van der Waals surface area contributed by atoms with Gasteiger partial charge in [-0.25, -0.2) is 4.98 Å². The summed E-state index contributed by atoms with van der Waals surface area (Å²) in [6, 6.07) is 14.6. The molecule has 0 atom stereocenters. The van der Waals surface area contributed by atoms with E-state index in [9.17, 15) is 4.79 Å². The molecule has 0 aliphatic rings. The van der Waals surface area contributed by atoms with Gasteiger partial charge in [0.2, 0.25) is 0 Å². The number of ether oxygens (including phenoxy) is 2. The number of rotatable bonds is 5. The van der Waals surface area contributed by atoms with Gasteiger partial charge in [-0.1, -0.05) is 11.3 Å². The molecule has 2 heterocycles. The standard InChI is InChI=1S/C20H17N3O3S/c1-25-14-6-8-15(17(12-14)26-2)21-19(24)13-5-7-16-18(11-13)27-20(22-16)23-9-3-4-10-23/h3-12H,1-2H3,(H,21,24). The minimum Gasteiger partial charge on any atom is -0.497 e. The summed E-state index contributed by atoms with van der Waals surface area (Å²) in [6.45, 7) is 0. The number of hydrogen-bond donors (Lipinski definition) is 1. The zero-order valence-corrected chi connectivity index (χ0v) is 15.6. The molecule has 136 valence electrons. The van der Waals surface area contributed by atoms with E-state index in [1.165, 1.54) is 11.3 Å². The monoisotopic (exact) mass is 379 g/mol. The average Bonchev–Trinajstić information content (AvgIpc) is 3.36. The maximum atomic E-state index is 12.7. The SMILES string of the molecule is COc1ccc(NC(=O)c2ccc3nc(-n4cccc4)sc3c2)c(OC)c1. The van der Waals surface area contributed by atoms with Crippen molar-refractivity contribution in [3.63, 3.8) is 0 Å². The van der Waals surface area contributed by atoms with Gasteiger partial charge in [0.1, 0.15) is 11.5 Å². The lowest BCUT2D eigenvalue weighted by molar-refractivity contribution is 0.102. The largest absolute Gasteiger partial charge is 0.497 e. The molecule has 0 spiro atoms. The van der Waals surface area contributed by atoms with E-state index in [1.54, 1.807) is 38.5 Å². The predicted molar refractivity (Wildman–Crippen MR) is 106 cm³/mol. The maximum absolute atomic E-state index is 12.7. The van der Waals surface area contributed by atoms with E-state index in [2.05, 4.69) is 10.3 Å². The van der Waals surface area contributed by atoms with Crippen molar-refractivity contribution in [2.45, 2.75) is 0 Å². The van der Waals surface area contributed by atoms with E-state index in [0.29, 0.717) is 22.7 Å². The van der Waals surface area contributed by atoms with E-state index in [-0.39, 0.29) is 5.91 Å². The number of thiazole rings is 1. The molecule has 0 saturated heterocycles. The van der Waals surface area contributed by atoms with E-state index in [1.807, 2.05) is 41.2 Å². The van der Waals surface area contributed by atoms with Gasteiger partial charge in [0.05, 0.1) is 30.1 Å². The molecule has 4 rings (SSSR count). The summed E-state index contributed by atoms with van der Waals surface area (Å²) in [5.74, 6) is 0.987. The Balaban J connectivity index is 1.61. The van der Waals surface area contributed by atoms with Crippen LogP contribution in [0.3, 0.4) is 0 Å². The van der Waals surface area contributed by atoms with Crippen molar-refractivity contribution in [1.29, 1.82) is 0 Å². The third kappa shape index (κ3) is 3.37. The summed E-state index contributed by atoms with van der Waals surface area (Å²) in [5, 5.41) is 3.75. The minimum absolute atomic E-state index is 0.212. The third-order valence-electron chi connectivity index (χ3n) is 4.12. The molecule has 6 nitrogen and oxygen atoms in total. The van der Waals surface area contributed by atoms with Gasteiger partial charge in [-0.3, -0.25) is 4.79 Å². The Morgan fingerprint density at radius 3 is 2.63 bits per heavy atom. The summed E-state index contributed by atoms with van der Waals surface area (Å²) < 4.78 is 13.4. The second-order valence-electron chi connectivity index (χ2n) is 5.79. The van der Waals surface area contributed by atoms with Crippen LogP contribution >= 0.6 is 11.3 Å². The van der Waals surface area contributed by atoms with Crippen LogP contribution in [0.1, 0.15) is 10.4 Å². The van der Waals surface area contributed by atoms with Gasteiger partial charge in [0, 0.05) is 24.0 Å². The average molecular weight is 379 g/mol. The number of nitrogens with zero attached hydrogens (tertiary/aromatic N) is 2. The van der Waals surface area contributed by atoms with Crippen molar-refractivity contribution in [2.24, 2.45) is 0 Å². The first-order chi connectivity index (χ1) is 13.2. The maximum Gasteiger partial charge on any atom is 0.255 e. The number of hydrogen-bond acceptors (Lipinski definition) is 5. The zero-order chi connectivity index (χ0) is 18.8. The van der Waals surface area contributed by atoms with Crippen molar-refractivity contribution in [3.05, 3.63) is 66.5 Å². The molecule has 0 saturated carbocycles. The normalized spacial score (nSPS) is 10.7. The highest BCUT2D eigenvalue weighted by molar-refractivity contribution is 7.20. The number of carbonyl (C=O) groups excluding carboxylic acids is 1. The highest BCUT2D eigenvalue weighted by atomic mass is 32.1. The Morgan fingerprint density at radius 2 is 1.89 bits per heavy atom. The van der Waals surface area contributed by atoms with Crippen LogP contribution in [0.15, 0.2) is 60.9 Å². The molecule has 1 amide bonds. The minimum atomic E-state index is -0.212. The van der Waals surface area contributed by atoms with E-state index in [0.717, 1.165) is 15.3 Å².